The molecule has 1 heterocycles. The van der Waals surface area contributed by atoms with Crippen molar-refractivity contribution in [3.63, 3.8) is 0 Å². The zero-order valence-electron chi connectivity index (χ0n) is 12.9. The standard InChI is InChI=1S/C16H17Cl2N3O2S/c1-9(11-5-4-10(17)7-12(11)18)20-15(22)8-13(21-16(19)23)14-3-2-6-24-14/h2-7,9,13H,8H2,1H3,(H,20,22)(H3,19,21,23)/t9-,13+/m1/s1. The summed E-state index contributed by atoms with van der Waals surface area (Å²) in [6, 6.07) is 7.39. The largest absolute Gasteiger partial charge is 0.352 e. The van der Waals surface area contributed by atoms with Gasteiger partial charge in [-0.05, 0) is 36.1 Å². The molecule has 0 radical (unpaired) electrons. The third-order valence-electron chi connectivity index (χ3n) is 3.40. The van der Waals surface area contributed by atoms with Gasteiger partial charge < -0.3 is 16.4 Å². The molecule has 1 aromatic carbocycles. The van der Waals surface area contributed by atoms with Gasteiger partial charge in [0.15, 0.2) is 0 Å². The second-order valence-electron chi connectivity index (χ2n) is 5.24. The van der Waals surface area contributed by atoms with Crippen LogP contribution in [0.4, 0.5) is 4.79 Å². The average Bonchev–Trinajstić information content (AvgIpc) is 2.99. The first-order valence-corrected chi connectivity index (χ1v) is 8.84. The molecule has 0 aliphatic heterocycles. The quantitative estimate of drug-likeness (QED) is 0.700. The van der Waals surface area contributed by atoms with Crippen LogP contribution in [-0.2, 0) is 4.79 Å². The Hall–Kier alpha value is -1.76. The molecule has 3 amide bonds. The van der Waals surface area contributed by atoms with Crippen molar-refractivity contribution in [2.75, 3.05) is 0 Å². The average molecular weight is 386 g/mol. The Balaban J connectivity index is 2.03. The van der Waals surface area contributed by atoms with E-state index in [0.29, 0.717) is 10.0 Å². The number of amides is 3. The number of thiophene rings is 1. The number of urea groups is 1. The Morgan fingerprint density at radius 1 is 1.25 bits per heavy atom. The highest BCUT2D eigenvalue weighted by Crippen LogP contribution is 2.27. The van der Waals surface area contributed by atoms with Crippen LogP contribution in [0.2, 0.25) is 10.0 Å². The number of rotatable bonds is 6. The number of nitrogens with one attached hydrogen (secondary N) is 2. The fourth-order valence-electron chi connectivity index (χ4n) is 2.30. The maximum Gasteiger partial charge on any atom is 0.312 e. The predicted octanol–water partition coefficient (Wildman–Crippen LogP) is 4.03. The van der Waals surface area contributed by atoms with Crippen molar-refractivity contribution in [1.82, 2.24) is 10.6 Å². The first-order chi connectivity index (χ1) is 11.4. The molecule has 8 heteroatoms. The van der Waals surface area contributed by atoms with E-state index in [1.807, 2.05) is 24.4 Å². The topological polar surface area (TPSA) is 84.2 Å². The highest BCUT2D eigenvalue weighted by Gasteiger charge is 2.20. The first-order valence-electron chi connectivity index (χ1n) is 7.20. The Kier molecular flexibility index (Phi) is 6.48. The molecule has 0 saturated heterocycles. The molecule has 128 valence electrons. The summed E-state index contributed by atoms with van der Waals surface area (Å²) in [6.07, 6.45) is 0.0823. The predicted molar refractivity (Wildman–Crippen MR) is 97.4 cm³/mol. The van der Waals surface area contributed by atoms with Crippen LogP contribution in [-0.4, -0.2) is 11.9 Å². The Bertz CT molecular complexity index is 722. The van der Waals surface area contributed by atoms with E-state index in [4.69, 9.17) is 28.9 Å². The molecule has 0 fully saturated rings. The molecule has 1 aromatic heterocycles. The van der Waals surface area contributed by atoms with Gasteiger partial charge in [-0.1, -0.05) is 35.3 Å². The Morgan fingerprint density at radius 3 is 2.58 bits per heavy atom. The van der Waals surface area contributed by atoms with Crippen molar-refractivity contribution in [3.8, 4) is 0 Å². The Morgan fingerprint density at radius 2 is 2.00 bits per heavy atom. The van der Waals surface area contributed by atoms with Crippen LogP contribution < -0.4 is 16.4 Å². The molecular formula is C16H17Cl2N3O2S. The van der Waals surface area contributed by atoms with Gasteiger partial charge in [0.2, 0.25) is 5.91 Å². The van der Waals surface area contributed by atoms with Crippen molar-refractivity contribution in [2.24, 2.45) is 5.73 Å². The van der Waals surface area contributed by atoms with Gasteiger partial charge >= 0.3 is 6.03 Å². The maximum atomic E-state index is 12.3. The molecule has 2 rings (SSSR count). The van der Waals surface area contributed by atoms with E-state index >= 15 is 0 Å². The normalized spacial score (nSPS) is 13.1. The lowest BCUT2D eigenvalue weighted by atomic mass is 10.1. The number of primary amides is 1. The summed E-state index contributed by atoms with van der Waals surface area (Å²) in [6.45, 7) is 1.83. The van der Waals surface area contributed by atoms with Crippen LogP contribution in [0, 0.1) is 0 Å². The van der Waals surface area contributed by atoms with Crippen LogP contribution in [0.1, 0.15) is 35.9 Å². The van der Waals surface area contributed by atoms with Gasteiger partial charge in [-0.2, -0.15) is 0 Å². The lowest BCUT2D eigenvalue weighted by molar-refractivity contribution is -0.122. The summed E-state index contributed by atoms with van der Waals surface area (Å²) < 4.78 is 0. The number of benzene rings is 1. The van der Waals surface area contributed by atoms with Crippen LogP contribution in [0.5, 0.6) is 0 Å². The van der Waals surface area contributed by atoms with Gasteiger partial charge in [-0.3, -0.25) is 4.79 Å². The first kappa shape index (κ1) is 18.6. The third kappa shape index (κ3) is 5.12. The van der Waals surface area contributed by atoms with Gasteiger partial charge in [0.25, 0.3) is 0 Å². The molecular weight excluding hydrogens is 369 g/mol. The summed E-state index contributed by atoms with van der Waals surface area (Å²) in [5, 5.41) is 8.35. The van der Waals surface area contributed by atoms with Crippen LogP contribution >= 0.6 is 34.5 Å². The fourth-order valence-corrected chi connectivity index (χ4v) is 3.65. The molecule has 0 spiro atoms. The molecule has 2 atom stereocenters. The molecule has 0 aliphatic rings. The summed E-state index contributed by atoms with van der Waals surface area (Å²) in [7, 11) is 0. The number of halogens is 2. The van der Waals surface area contributed by atoms with E-state index in [2.05, 4.69) is 10.6 Å². The zero-order chi connectivity index (χ0) is 17.7. The van der Waals surface area contributed by atoms with Gasteiger partial charge in [0.1, 0.15) is 0 Å². The van der Waals surface area contributed by atoms with Gasteiger partial charge in [0.05, 0.1) is 18.5 Å². The zero-order valence-corrected chi connectivity index (χ0v) is 15.2. The van der Waals surface area contributed by atoms with Crippen molar-refractivity contribution in [2.45, 2.75) is 25.4 Å². The monoisotopic (exact) mass is 385 g/mol. The summed E-state index contributed by atoms with van der Waals surface area (Å²) in [4.78, 5) is 24.3. The molecule has 5 nitrogen and oxygen atoms in total. The van der Waals surface area contributed by atoms with E-state index in [1.54, 1.807) is 18.2 Å². The minimum absolute atomic E-state index is 0.0823. The minimum Gasteiger partial charge on any atom is -0.352 e. The summed E-state index contributed by atoms with van der Waals surface area (Å²) in [5.41, 5.74) is 5.96. The summed E-state index contributed by atoms with van der Waals surface area (Å²) in [5.74, 6) is -0.222. The smallest absolute Gasteiger partial charge is 0.312 e. The van der Waals surface area contributed by atoms with Crippen molar-refractivity contribution < 1.29 is 9.59 Å². The van der Waals surface area contributed by atoms with Crippen LogP contribution in [0.15, 0.2) is 35.7 Å². The molecule has 4 N–H and O–H groups in total. The SMILES string of the molecule is C[C@@H](NC(=O)C[C@H](NC(N)=O)c1cccs1)c1ccc(Cl)cc1Cl. The second kappa shape index (κ2) is 8.37. The third-order valence-corrected chi connectivity index (χ3v) is 4.95. The maximum absolute atomic E-state index is 12.3. The number of nitrogens with two attached hydrogens (primary N) is 1. The highest BCUT2D eigenvalue weighted by atomic mass is 35.5. The number of carbonyl (C=O) groups excluding carboxylic acids is 2. The molecule has 0 unspecified atom stereocenters. The minimum atomic E-state index is -0.671. The molecule has 2 aromatic rings. The van der Waals surface area contributed by atoms with E-state index in [-0.39, 0.29) is 18.4 Å². The fraction of sp³-hybridized carbons (Fsp3) is 0.250. The molecule has 0 bridgehead atoms. The van der Waals surface area contributed by atoms with Gasteiger partial charge in [-0.15, -0.1) is 11.3 Å². The number of carbonyl (C=O) groups is 2. The molecule has 0 saturated carbocycles. The molecule has 0 aliphatic carbocycles. The molecule has 24 heavy (non-hydrogen) atoms. The van der Waals surface area contributed by atoms with E-state index in [0.717, 1.165) is 10.4 Å². The number of hydrogen-bond donors (Lipinski definition) is 3. The van der Waals surface area contributed by atoms with Crippen LogP contribution in [0.3, 0.4) is 0 Å². The van der Waals surface area contributed by atoms with E-state index in [9.17, 15) is 9.59 Å². The number of hydrogen-bond acceptors (Lipinski definition) is 3. The highest BCUT2D eigenvalue weighted by molar-refractivity contribution is 7.10. The summed E-state index contributed by atoms with van der Waals surface area (Å²) >= 11 is 13.5. The van der Waals surface area contributed by atoms with Crippen molar-refractivity contribution in [1.29, 1.82) is 0 Å². The Labute approximate surface area is 154 Å². The second-order valence-corrected chi connectivity index (χ2v) is 7.06. The van der Waals surface area contributed by atoms with Crippen molar-refractivity contribution in [3.05, 3.63) is 56.2 Å². The van der Waals surface area contributed by atoms with Crippen molar-refractivity contribution >= 4 is 46.5 Å². The van der Waals surface area contributed by atoms with Gasteiger partial charge in [-0.25, -0.2) is 4.79 Å². The van der Waals surface area contributed by atoms with E-state index in [1.165, 1.54) is 11.3 Å². The lowest BCUT2D eigenvalue weighted by Crippen LogP contribution is -2.36. The van der Waals surface area contributed by atoms with Crippen LogP contribution in [0.25, 0.3) is 0 Å². The van der Waals surface area contributed by atoms with Gasteiger partial charge in [0, 0.05) is 14.9 Å². The van der Waals surface area contributed by atoms with E-state index < -0.39 is 12.1 Å². The lowest BCUT2D eigenvalue weighted by Gasteiger charge is -2.19.